The van der Waals surface area contributed by atoms with Gasteiger partial charge in [0.2, 0.25) is 0 Å². The van der Waals surface area contributed by atoms with Crippen molar-refractivity contribution >= 4 is 28.8 Å². The predicted molar refractivity (Wildman–Crippen MR) is 102 cm³/mol. The van der Waals surface area contributed by atoms with Crippen molar-refractivity contribution in [2.75, 3.05) is 0 Å². The summed E-state index contributed by atoms with van der Waals surface area (Å²) >= 11 is 6.92. The molecule has 1 saturated carbocycles. The first-order valence-electron chi connectivity index (χ1n) is 7.24. The number of hydrogen-bond donors (Lipinski definition) is 1. The van der Waals surface area contributed by atoms with Gasteiger partial charge >= 0.3 is 0 Å². The van der Waals surface area contributed by atoms with E-state index in [4.69, 9.17) is 22.7 Å². The largest absolute Gasteiger partial charge is 0.449 e. The molecule has 0 aromatic carbocycles. The number of thioether (sulfide) groups is 1. The Labute approximate surface area is 147 Å². The van der Waals surface area contributed by atoms with E-state index in [1.54, 1.807) is 12.4 Å². The lowest BCUT2D eigenvalue weighted by molar-refractivity contribution is 0.462. The zero-order valence-corrected chi connectivity index (χ0v) is 15.0. The summed E-state index contributed by atoms with van der Waals surface area (Å²) in [6, 6.07) is 3.72. The van der Waals surface area contributed by atoms with Gasteiger partial charge in [0.1, 0.15) is 5.75 Å². The lowest BCUT2D eigenvalue weighted by atomic mass is 9.87. The van der Waals surface area contributed by atoms with Crippen LogP contribution in [-0.2, 0) is 0 Å². The predicted octanol–water partition coefficient (Wildman–Crippen LogP) is 4.81. The van der Waals surface area contributed by atoms with Crippen LogP contribution in [0.3, 0.4) is 0 Å². The lowest BCUT2D eigenvalue weighted by Crippen LogP contribution is -2.14. The summed E-state index contributed by atoms with van der Waals surface area (Å²) in [6.45, 7) is 12.0. The molecule has 0 aliphatic heterocycles. The Morgan fingerprint density at radius 1 is 1.48 bits per heavy atom. The summed E-state index contributed by atoms with van der Waals surface area (Å²) in [5.41, 5.74) is 9.46. The van der Waals surface area contributed by atoms with Crippen LogP contribution in [0.2, 0.25) is 0 Å². The highest BCUT2D eigenvalue weighted by Gasteiger charge is 2.21. The Morgan fingerprint density at radius 2 is 2.22 bits per heavy atom. The maximum atomic E-state index is 5.79. The first kappa shape index (κ1) is 17.5. The van der Waals surface area contributed by atoms with Crippen molar-refractivity contribution in [1.82, 2.24) is 4.98 Å². The molecule has 0 radical (unpaired) electrons. The van der Waals surface area contributed by atoms with Gasteiger partial charge in [0, 0.05) is 11.1 Å². The summed E-state index contributed by atoms with van der Waals surface area (Å²) in [5.74, 6) is 0.717. The lowest BCUT2D eigenvalue weighted by Gasteiger charge is -2.23. The number of rotatable bonds is 4. The van der Waals surface area contributed by atoms with Crippen molar-refractivity contribution in [2.24, 2.45) is 5.73 Å². The molecular weight excluding hydrogens is 324 g/mol. The molecule has 1 aliphatic carbocycles. The minimum Gasteiger partial charge on any atom is -0.449 e. The summed E-state index contributed by atoms with van der Waals surface area (Å²) < 4.78 is 5.79. The molecule has 0 spiro atoms. The van der Waals surface area contributed by atoms with Crippen LogP contribution >= 0.6 is 24.0 Å². The van der Waals surface area contributed by atoms with E-state index < -0.39 is 0 Å². The number of aryl methyl sites for hydroxylation is 1. The van der Waals surface area contributed by atoms with Gasteiger partial charge in [-0.2, -0.15) is 0 Å². The average molecular weight is 345 g/mol. The quantitative estimate of drug-likeness (QED) is 0.482. The van der Waals surface area contributed by atoms with E-state index >= 15 is 0 Å². The molecule has 1 heterocycles. The molecule has 1 fully saturated rings. The highest BCUT2D eigenvalue weighted by molar-refractivity contribution is 8.06. The van der Waals surface area contributed by atoms with Crippen LogP contribution in [0.15, 0.2) is 64.4 Å². The number of aromatic nitrogens is 1. The second-order valence-corrected chi connectivity index (χ2v) is 6.88. The fraction of sp³-hybridized carbons (Fsp3) is 0.222. The van der Waals surface area contributed by atoms with Crippen molar-refractivity contribution in [3.05, 3.63) is 70.1 Å². The van der Waals surface area contributed by atoms with Crippen molar-refractivity contribution < 1.29 is 4.74 Å². The summed E-state index contributed by atoms with van der Waals surface area (Å²) in [4.78, 5) is 6.05. The van der Waals surface area contributed by atoms with Gasteiger partial charge in [-0.25, -0.2) is 0 Å². The summed E-state index contributed by atoms with van der Waals surface area (Å²) in [5, 5.41) is 0.602. The summed E-state index contributed by atoms with van der Waals surface area (Å²) in [6.07, 6.45) is 5.04. The molecule has 0 unspecified atom stereocenters. The SMILES string of the molecule is C=C(Oc1cccnc1C)S/C(C)=C1/CCC(=CN)C(=S)C1=C. The van der Waals surface area contributed by atoms with Gasteiger partial charge in [-0.3, -0.25) is 4.98 Å². The Bertz CT molecular complexity index is 732. The Balaban J connectivity index is 2.10. The standard InChI is InChI=1S/C18H20N2OS2/c1-11-16(8-7-15(10-19)18(11)22)13(3)23-14(4)21-17-6-5-9-20-12(17)2/h5-6,9-10H,1,4,7-8,19H2,2-3H3/b15-10?,16-13-. The number of thiocarbonyl (C=S) groups is 1. The van der Waals surface area contributed by atoms with Crippen molar-refractivity contribution in [3.63, 3.8) is 0 Å². The summed E-state index contributed by atoms with van der Waals surface area (Å²) in [7, 11) is 0. The van der Waals surface area contributed by atoms with Gasteiger partial charge in [0.05, 0.1) is 5.69 Å². The van der Waals surface area contributed by atoms with E-state index in [-0.39, 0.29) is 0 Å². The molecule has 0 saturated heterocycles. The topological polar surface area (TPSA) is 48.1 Å². The van der Waals surface area contributed by atoms with Crippen molar-refractivity contribution in [3.8, 4) is 5.75 Å². The van der Waals surface area contributed by atoms with Gasteiger partial charge in [0.15, 0.2) is 5.09 Å². The van der Waals surface area contributed by atoms with Gasteiger partial charge in [-0.1, -0.05) is 30.6 Å². The zero-order valence-electron chi connectivity index (χ0n) is 13.4. The molecule has 0 atom stereocenters. The average Bonchev–Trinajstić information content (AvgIpc) is 2.52. The highest BCUT2D eigenvalue weighted by Crippen LogP contribution is 2.37. The Hall–Kier alpha value is -1.85. The van der Waals surface area contributed by atoms with Crippen LogP contribution in [0.1, 0.15) is 25.5 Å². The molecule has 23 heavy (non-hydrogen) atoms. The van der Waals surface area contributed by atoms with Crippen LogP contribution in [0.25, 0.3) is 0 Å². The molecule has 5 heteroatoms. The molecule has 1 aliphatic rings. The van der Waals surface area contributed by atoms with Crippen LogP contribution in [0.5, 0.6) is 5.75 Å². The minimum absolute atomic E-state index is 0.602. The molecular formula is C18H20N2OS2. The first-order chi connectivity index (χ1) is 10.9. The first-order valence-corrected chi connectivity index (χ1v) is 8.47. The van der Waals surface area contributed by atoms with Gasteiger partial charge in [0.25, 0.3) is 0 Å². The van der Waals surface area contributed by atoms with Crippen LogP contribution in [0, 0.1) is 6.92 Å². The van der Waals surface area contributed by atoms with Gasteiger partial charge in [-0.15, -0.1) is 0 Å². The molecule has 120 valence electrons. The smallest absolute Gasteiger partial charge is 0.158 e. The minimum atomic E-state index is 0.602. The van der Waals surface area contributed by atoms with Gasteiger partial charge < -0.3 is 10.5 Å². The van der Waals surface area contributed by atoms with Crippen LogP contribution in [-0.4, -0.2) is 9.85 Å². The van der Waals surface area contributed by atoms with E-state index in [9.17, 15) is 0 Å². The van der Waals surface area contributed by atoms with Crippen molar-refractivity contribution in [1.29, 1.82) is 0 Å². The monoisotopic (exact) mass is 344 g/mol. The molecule has 1 aromatic rings. The molecule has 1 aromatic heterocycles. The second-order valence-electron chi connectivity index (χ2n) is 5.20. The number of allylic oxidation sites excluding steroid dienone is 4. The third-order valence-electron chi connectivity index (χ3n) is 3.65. The highest BCUT2D eigenvalue weighted by atomic mass is 32.2. The Morgan fingerprint density at radius 3 is 2.87 bits per heavy atom. The van der Waals surface area contributed by atoms with E-state index in [1.807, 2.05) is 26.0 Å². The van der Waals surface area contributed by atoms with Crippen LogP contribution in [0.4, 0.5) is 0 Å². The number of nitrogens with zero attached hydrogens (tertiary/aromatic N) is 1. The van der Waals surface area contributed by atoms with E-state index in [0.29, 0.717) is 10.8 Å². The number of pyridine rings is 1. The van der Waals surface area contributed by atoms with Crippen LogP contribution < -0.4 is 10.5 Å². The normalized spacial score (nSPS) is 19.0. The Kier molecular flexibility index (Phi) is 5.80. The maximum Gasteiger partial charge on any atom is 0.158 e. The number of ether oxygens (including phenoxy) is 1. The van der Waals surface area contributed by atoms with E-state index in [1.165, 1.54) is 11.8 Å². The molecule has 2 rings (SSSR count). The fourth-order valence-electron chi connectivity index (χ4n) is 2.36. The fourth-order valence-corrected chi connectivity index (χ4v) is 3.47. The third kappa shape index (κ3) is 4.12. The molecule has 0 amide bonds. The van der Waals surface area contributed by atoms with E-state index in [2.05, 4.69) is 18.1 Å². The van der Waals surface area contributed by atoms with E-state index in [0.717, 1.165) is 45.0 Å². The maximum absolute atomic E-state index is 5.79. The molecule has 3 nitrogen and oxygen atoms in total. The van der Waals surface area contributed by atoms with Gasteiger partial charge in [-0.05, 0) is 73.2 Å². The number of hydrogen-bond acceptors (Lipinski definition) is 5. The molecule has 2 N–H and O–H groups in total. The number of nitrogens with two attached hydrogens (primary N) is 1. The third-order valence-corrected chi connectivity index (χ3v) is 5.02. The zero-order chi connectivity index (χ0) is 17.0. The second kappa shape index (κ2) is 7.62. The molecule has 0 bridgehead atoms. The van der Waals surface area contributed by atoms with Crippen molar-refractivity contribution in [2.45, 2.75) is 26.7 Å².